The van der Waals surface area contributed by atoms with Gasteiger partial charge in [0.2, 0.25) is 5.95 Å². The molecule has 4 rings (SSSR count). The lowest BCUT2D eigenvalue weighted by molar-refractivity contribution is 0.0953. The minimum atomic E-state index is -0.132. The predicted octanol–water partition coefficient (Wildman–Crippen LogP) is 2.53. The number of H-pyrrole nitrogens is 1. The molecule has 0 saturated carbocycles. The molecule has 1 amide bonds. The van der Waals surface area contributed by atoms with Gasteiger partial charge < -0.3 is 15.2 Å². The number of nitrogens with zero attached hydrogens (tertiary/aromatic N) is 3. The number of amides is 1. The van der Waals surface area contributed by atoms with Crippen LogP contribution < -0.4 is 10.2 Å². The number of aromatic nitrogens is 3. The number of fused-ring (bicyclic) bond motifs is 1. The third-order valence-corrected chi connectivity index (χ3v) is 4.64. The van der Waals surface area contributed by atoms with Gasteiger partial charge in [-0.25, -0.2) is 9.97 Å². The molecule has 0 bridgehead atoms. The number of rotatable bonds is 5. The first kappa shape index (κ1) is 15.6. The van der Waals surface area contributed by atoms with Crippen molar-refractivity contribution in [3.8, 4) is 0 Å². The van der Waals surface area contributed by atoms with Gasteiger partial charge in [-0.15, -0.1) is 0 Å². The topological polar surface area (TPSA) is 73.9 Å². The minimum Gasteiger partial charge on any atom is -0.361 e. The number of carbonyl (C=O) groups excluding carboxylic acids is 1. The molecule has 1 aromatic carbocycles. The maximum absolute atomic E-state index is 12.3. The summed E-state index contributed by atoms with van der Waals surface area (Å²) in [6.07, 6.45) is 8.37. The highest BCUT2D eigenvalue weighted by Crippen LogP contribution is 2.18. The van der Waals surface area contributed by atoms with Crippen LogP contribution in [0.2, 0.25) is 0 Å². The van der Waals surface area contributed by atoms with Crippen molar-refractivity contribution >= 4 is 22.8 Å². The number of aromatic amines is 1. The molecule has 128 valence electrons. The Labute approximate surface area is 146 Å². The van der Waals surface area contributed by atoms with Crippen LogP contribution in [-0.4, -0.2) is 40.5 Å². The lowest BCUT2D eigenvalue weighted by atomic mass is 10.1. The summed E-state index contributed by atoms with van der Waals surface area (Å²) in [5.74, 6) is 0.584. The van der Waals surface area contributed by atoms with Gasteiger partial charge >= 0.3 is 0 Å². The van der Waals surface area contributed by atoms with Gasteiger partial charge in [-0.1, -0.05) is 18.2 Å². The molecule has 1 aliphatic rings. The van der Waals surface area contributed by atoms with Crippen LogP contribution in [0.25, 0.3) is 10.9 Å². The zero-order valence-electron chi connectivity index (χ0n) is 14.0. The van der Waals surface area contributed by atoms with Gasteiger partial charge in [0.15, 0.2) is 0 Å². The molecular formula is C19H21N5O. The average Bonchev–Trinajstić information content (AvgIpc) is 3.32. The van der Waals surface area contributed by atoms with Crippen LogP contribution in [0, 0.1) is 0 Å². The third-order valence-electron chi connectivity index (χ3n) is 4.64. The Morgan fingerprint density at radius 2 is 1.92 bits per heavy atom. The van der Waals surface area contributed by atoms with Crippen molar-refractivity contribution < 1.29 is 4.79 Å². The first-order valence-electron chi connectivity index (χ1n) is 8.71. The molecule has 1 saturated heterocycles. The Hall–Kier alpha value is -2.89. The minimum absolute atomic E-state index is 0.132. The van der Waals surface area contributed by atoms with Crippen LogP contribution in [0.3, 0.4) is 0 Å². The summed E-state index contributed by atoms with van der Waals surface area (Å²) in [7, 11) is 0. The van der Waals surface area contributed by atoms with Crippen LogP contribution >= 0.6 is 0 Å². The average molecular weight is 335 g/mol. The molecule has 3 heterocycles. The summed E-state index contributed by atoms with van der Waals surface area (Å²) in [4.78, 5) is 26.3. The molecule has 2 aromatic heterocycles. The van der Waals surface area contributed by atoms with Crippen molar-refractivity contribution in [1.29, 1.82) is 0 Å². The van der Waals surface area contributed by atoms with Crippen LogP contribution in [0.5, 0.6) is 0 Å². The predicted molar refractivity (Wildman–Crippen MR) is 97.8 cm³/mol. The second kappa shape index (κ2) is 6.93. The van der Waals surface area contributed by atoms with Crippen molar-refractivity contribution in [3.63, 3.8) is 0 Å². The molecular weight excluding hydrogens is 314 g/mol. The number of anilines is 1. The van der Waals surface area contributed by atoms with Crippen molar-refractivity contribution in [1.82, 2.24) is 20.3 Å². The molecule has 0 unspecified atom stereocenters. The molecule has 6 heteroatoms. The Morgan fingerprint density at radius 3 is 2.72 bits per heavy atom. The lowest BCUT2D eigenvalue weighted by Gasteiger charge is -2.14. The highest BCUT2D eigenvalue weighted by molar-refractivity contribution is 5.93. The number of hydrogen-bond donors (Lipinski definition) is 2. The zero-order valence-corrected chi connectivity index (χ0v) is 14.0. The van der Waals surface area contributed by atoms with E-state index >= 15 is 0 Å². The standard InChI is InChI=1S/C19H21N5O/c25-18(15-12-22-19(23-13-15)24-9-3-4-10-24)20-8-7-14-11-21-17-6-2-1-5-16(14)17/h1-2,5-6,11-13,21H,3-4,7-10H2,(H,20,25). The summed E-state index contributed by atoms with van der Waals surface area (Å²) in [6, 6.07) is 8.18. The van der Waals surface area contributed by atoms with Gasteiger partial charge in [0, 0.05) is 49.1 Å². The monoisotopic (exact) mass is 335 g/mol. The third kappa shape index (κ3) is 3.33. The second-order valence-electron chi connectivity index (χ2n) is 6.33. The van der Waals surface area contributed by atoms with E-state index in [9.17, 15) is 4.79 Å². The van der Waals surface area contributed by atoms with E-state index in [1.165, 1.54) is 23.8 Å². The van der Waals surface area contributed by atoms with E-state index in [2.05, 4.69) is 37.3 Å². The van der Waals surface area contributed by atoms with E-state index in [4.69, 9.17) is 0 Å². The first-order chi connectivity index (χ1) is 12.3. The van der Waals surface area contributed by atoms with Crippen molar-refractivity contribution in [3.05, 3.63) is 54.0 Å². The van der Waals surface area contributed by atoms with Crippen LogP contribution in [-0.2, 0) is 6.42 Å². The number of para-hydroxylation sites is 1. The number of carbonyl (C=O) groups is 1. The highest BCUT2D eigenvalue weighted by Gasteiger charge is 2.15. The lowest BCUT2D eigenvalue weighted by Crippen LogP contribution is -2.26. The summed E-state index contributed by atoms with van der Waals surface area (Å²) in [5, 5.41) is 4.15. The normalized spacial score (nSPS) is 14.2. The number of nitrogens with one attached hydrogen (secondary N) is 2. The highest BCUT2D eigenvalue weighted by atomic mass is 16.1. The van der Waals surface area contributed by atoms with Gasteiger partial charge in [-0.2, -0.15) is 0 Å². The van der Waals surface area contributed by atoms with E-state index in [0.717, 1.165) is 25.0 Å². The van der Waals surface area contributed by atoms with Gasteiger partial charge in [-0.3, -0.25) is 4.79 Å². The van der Waals surface area contributed by atoms with E-state index in [1.807, 2.05) is 18.3 Å². The SMILES string of the molecule is O=C(NCCc1c[nH]c2ccccc12)c1cnc(N2CCCC2)nc1. The molecule has 1 fully saturated rings. The molecule has 6 nitrogen and oxygen atoms in total. The van der Waals surface area contributed by atoms with E-state index in [0.29, 0.717) is 18.1 Å². The molecule has 2 N–H and O–H groups in total. The van der Waals surface area contributed by atoms with Crippen LogP contribution in [0.15, 0.2) is 42.9 Å². The van der Waals surface area contributed by atoms with Crippen molar-refractivity contribution in [2.24, 2.45) is 0 Å². The molecule has 25 heavy (non-hydrogen) atoms. The second-order valence-corrected chi connectivity index (χ2v) is 6.33. The summed E-state index contributed by atoms with van der Waals surface area (Å²) in [5.41, 5.74) is 2.83. The summed E-state index contributed by atoms with van der Waals surface area (Å²) >= 11 is 0. The Bertz CT molecular complexity index is 865. The van der Waals surface area contributed by atoms with Crippen molar-refractivity contribution in [2.75, 3.05) is 24.5 Å². The van der Waals surface area contributed by atoms with Crippen LogP contribution in [0.4, 0.5) is 5.95 Å². The summed E-state index contributed by atoms with van der Waals surface area (Å²) in [6.45, 7) is 2.57. The van der Waals surface area contributed by atoms with Gasteiger partial charge in [0.1, 0.15) is 0 Å². The quantitative estimate of drug-likeness (QED) is 0.751. The van der Waals surface area contributed by atoms with Gasteiger partial charge in [-0.05, 0) is 30.9 Å². The first-order valence-corrected chi connectivity index (χ1v) is 8.71. The Morgan fingerprint density at radius 1 is 1.16 bits per heavy atom. The molecule has 0 aliphatic carbocycles. The number of hydrogen-bond acceptors (Lipinski definition) is 4. The van der Waals surface area contributed by atoms with Crippen LogP contribution in [0.1, 0.15) is 28.8 Å². The molecule has 0 radical (unpaired) electrons. The smallest absolute Gasteiger partial charge is 0.254 e. The Balaban J connectivity index is 1.34. The van der Waals surface area contributed by atoms with Crippen molar-refractivity contribution in [2.45, 2.75) is 19.3 Å². The molecule has 3 aromatic rings. The number of benzene rings is 1. The van der Waals surface area contributed by atoms with E-state index in [1.54, 1.807) is 12.4 Å². The fraction of sp³-hybridized carbons (Fsp3) is 0.316. The maximum Gasteiger partial charge on any atom is 0.254 e. The van der Waals surface area contributed by atoms with E-state index < -0.39 is 0 Å². The molecule has 0 atom stereocenters. The largest absolute Gasteiger partial charge is 0.361 e. The Kier molecular flexibility index (Phi) is 4.33. The molecule has 1 aliphatic heterocycles. The van der Waals surface area contributed by atoms with Gasteiger partial charge in [0.25, 0.3) is 5.91 Å². The van der Waals surface area contributed by atoms with E-state index in [-0.39, 0.29) is 5.91 Å². The fourth-order valence-corrected chi connectivity index (χ4v) is 3.27. The molecule has 0 spiro atoms. The summed E-state index contributed by atoms with van der Waals surface area (Å²) < 4.78 is 0. The maximum atomic E-state index is 12.3. The van der Waals surface area contributed by atoms with Gasteiger partial charge in [0.05, 0.1) is 5.56 Å². The fourth-order valence-electron chi connectivity index (χ4n) is 3.27. The zero-order chi connectivity index (χ0) is 17.1.